The van der Waals surface area contributed by atoms with Gasteiger partial charge in [-0.05, 0) is 44.3 Å². The van der Waals surface area contributed by atoms with Crippen molar-refractivity contribution < 1.29 is 0 Å². The van der Waals surface area contributed by atoms with Crippen LogP contribution in [0, 0.1) is 0 Å². The molecule has 1 heterocycles. The lowest BCUT2D eigenvalue weighted by molar-refractivity contribution is 0.303. The first-order valence-electron chi connectivity index (χ1n) is 10.4. The number of hydrazine groups is 1. The highest BCUT2D eigenvalue weighted by atomic mass is 15.5. The number of unbranched alkanes of at least 4 members (excludes halogenated alkanes) is 12. The average molecular weight is 333 g/mol. The fourth-order valence-electron chi connectivity index (χ4n) is 3.06. The molecule has 1 aliphatic rings. The molecular formula is C22H40N2. The van der Waals surface area contributed by atoms with Gasteiger partial charge in [0.1, 0.15) is 0 Å². The Bertz CT molecular complexity index is 344. The number of allylic oxidation sites excluding steroid dienone is 4. The molecular weight excluding hydrogens is 292 g/mol. The predicted molar refractivity (Wildman–Crippen MR) is 108 cm³/mol. The maximum atomic E-state index is 3.23. The summed E-state index contributed by atoms with van der Waals surface area (Å²) in [6.07, 6.45) is 32.2. The summed E-state index contributed by atoms with van der Waals surface area (Å²) >= 11 is 0. The quantitative estimate of drug-likeness (QED) is 0.245. The van der Waals surface area contributed by atoms with Crippen molar-refractivity contribution in [1.29, 1.82) is 0 Å². The Morgan fingerprint density at radius 2 is 1.29 bits per heavy atom. The summed E-state index contributed by atoms with van der Waals surface area (Å²) in [5.74, 6) is 0. The van der Waals surface area contributed by atoms with Gasteiger partial charge in [0, 0.05) is 18.9 Å². The third-order valence-electron chi connectivity index (χ3n) is 4.62. The smallest absolute Gasteiger partial charge is 0.0386 e. The van der Waals surface area contributed by atoms with Gasteiger partial charge in [-0.3, -0.25) is 5.01 Å². The monoisotopic (exact) mass is 332 g/mol. The number of hydrogen-bond donors (Lipinski definition) is 1. The molecule has 0 bridgehead atoms. The van der Waals surface area contributed by atoms with Gasteiger partial charge in [-0.15, -0.1) is 0 Å². The molecule has 24 heavy (non-hydrogen) atoms. The Kier molecular flexibility index (Phi) is 14.5. The van der Waals surface area contributed by atoms with Crippen LogP contribution < -0.4 is 5.43 Å². The highest BCUT2D eigenvalue weighted by Gasteiger charge is 1.98. The van der Waals surface area contributed by atoms with Crippen LogP contribution in [-0.4, -0.2) is 11.6 Å². The van der Waals surface area contributed by atoms with Crippen molar-refractivity contribution in [2.75, 3.05) is 6.54 Å². The van der Waals surface area contributed by atoms with Crippen LogP contribution in [0.3, 0.4) is 0 Å². The SMILES string of the molecule is CCCCCCCC/C=C\CCCCCCCCN1C=CC=CN1. The van der Waals surface area contributed by atoms with Gasteiger partial charge in [-0.25, -0.2) is 0 Å². The van der Waals surface area contributed by atoms with Crippen LogP contribution in [0.2, 0.25) is 0 Å². The molecule has 0 aromatic heterocycles. The zero-order chi connectivity index (χ0) is 17.1. The van der Waals surface area contributed by atoms with Crippen molar-refractivity contribution in [3.05, 3.63) is 36.7 Å². The first kappa shape index (κ1) is 20.9. The predicted octanol–water partition coefficient (Wildman–Crippen LogP) is 6.87. The third-order valence-corrected chi connectivity index (χ3v) is 4.62. The van der Waals surface area contributed by atoms with Crippen molar-refractivity contribution in [2.45, 2.75) is 96.8 Å². The second-order valence-electron chi connectivity index (χ2n) is 6.96. The van der Waals surface area contributed by atoms with E-state index in [1.807, 2.05) is 12.3 Å². The fraction of sp³-hybridized carbons (Fsp3) is 0.727. The summed E-state index contributed by atoms with van der Waals surface area (Å²) < 4.78 is 0. The molecule has 1 rings (SSSR count). The van der Waals surface area contributed by atoms with Crippen LogP contribution in [-0.2, 0) is 0 Å². The molecule has 0 fully saturated rings. The first-order chi connectivity index (χ1) is 11.9. The molecule has 0 saturated heterocycles. The molecule has 0 aliphatic carbocycles. The highest BCUT2D eigenvalue weighted by molar-refractivity contribution is 5.04. The molecule has 2 nitrogen and oxygen atoms in total. The van der Waals surface area contributed by atoms with Crippen molar-refractivity contribution in [3.63, 3.8) is 0 Å². The Hall–Kier alpha value is -1.18. The summed E-state index contributed by atoms with van der Waals surface area (Å²) in [7, 11) is 0. The van der Waals surface area contributed by atoms with E-state index in [0.29, 0.717) is 0 Å². The standard InChI is InChI=1S/C22H40N2/c1-2-3-4-5-6-7-8-9-10-11-12-13-14-15-16-18-21-24-22-19-17-20-23-24/h9-10,17,19-20,22-23H,2-8,11-16,18,21H2,1H3/b10-9-. The summed E-state index contributed by atoms with van der Waals surface area (Å²) in [6, 6.07) is 0. The summed E-state index contributed by atoms with van der Waals surface area (Å²) in [5, 5.41) is 2.16. The van der Waals surface area contributed by atoms with Crippen LogP contribution in [0.1, 0.15) is 96.8 Å². The van der Waals surface area contributed by atoms with Crippen LogP contribution in [0.4, 0.5) is 0 Å². The molecule has 0 saturated carbocycles. The van der Waals surface area contributed by atoms with Gasteiger partial charge in [-0.2, -0.15) is 0 Å². The van der Waals surface area contributed by atoms with E-state index in [2.05, 4.69) is 41.8 Å². The largest absolute Gasteiger partial charge is 0.306 e. The number of hydrogen-bond acceptors (Lipinski definition) is 2. The molecule has 138 valence electrons. The van der Waals surface area contributed by atoms with Gasteiger partial charge in [0.2, 0.25) is 0 Å². The lowest BCUT2D eigenvalue weighted by Crippen LogP contribution is -2.31. The normalized spacial score (nSPS) is 13.8. The molecule has 0 radical (unpaired) electrons. The molecule has 1 N–H and O–H groups in total. The van der Waals surface area contributed by atoms with Gasteiger partial charge < -0.3 is 5.43 Å². The molecule has 0 spiro atoms. The second-order valence-corrected chi connectivity index (χ2v) is 6.96. The molecule has 0 unspecified atom stereocenters. The van der Waals surface area contributed by atoms with Gasteiger partial charge in [0.25, 0.3) is 0 Å². The van der Waals surface area contributed by atoms with E-state index in [4.69, 9.17) is 0 Å². The van der Waals surface area contributed by atoms with Gasteiger partial charge in [-0.1, -0.05) is 76.9 Å². The van der Waals surface area contributed by atoms with Crippen molar-refractivity contribution in [2.24, 2.45) is 0 Å². The Balaban J connectivity index is 1.73. The minimum atomic E-state index is 1.11. The minimum Gasteiger partial charge on any atom is -0.306 e. The van der Waals surface area contributed by atoms with E-state index in [1.54, 1.807) is 0 Å². The lowest BCUT2D eigenvalue weighted by Gasteiger charge is -2.21. The molecule has 2 heteroatoms. The van der Waals surface area contributed by atoms with Gasteiger partial charge >= 0.3 is 0 Å². The van der Waals surface area contributed by atoms with Crippen LogP contribution in [0.15, 0.2) is 36.7 Å². The number of nitrogens with zero attached hydrogens (tertiary/aromatic N) is 1. The first-order valence-corrected chi connectivity index (χ1v) is 10.4. The zero-order valence-corrected chi connectivity index (χ0v) is 16.0. The molecule has 1 aliphatic heterocycles. The maximum Gasteiger partial charge on any atom is 0.0386 e. The zero-order valence-electron chi connectivity index (χ0n) is 16.0. The van der Waals surface area contributed by atoms with E-state index in [-0.39, 0.29) is 0 Å². The van der Waals surface area contributed by atoms with Crippen LogP contribution in [0.25, 0.3) is 0 Å². The highest BCUT2D eigenvalue weighted by Crippen LogP contribution is 2.10. The molecule has 0 amide bonds. The average Bonchev–Trinajstić information content (AvgIpc) is 2.62. The van der Waals surface area contributed by atoms with Crippen molar-refractivity contribution in [1.82, 2.24) is 10.4 Å². The summed E-state index contributed by atoms with van der Waals surface area (Å²) in [4.78, 5) is 0. The Labute approximate surface area is 151 Å². The van der Waals surface area contributed by atoms with Crippen LogP contribution in [0.5, 0.6) is 0 Å². The molecule has 0 aromatic rings. The summed E-state index contributed by atoms with van der Waals surface area (Å²) in [5.41, 5.74) is 3.23. The Morgan fingerprint density at radius 3 is 1.88 bits per heavy atom. The van der Waals surface area contributed by atoms with E-state index in [1.165, 1.54) is 89.9 Å². The maximum absolute atomic E-state index is 3.23. The van der Waals surface area contributed by atoms with E-state index >= 15 is 0 Å². The third kappa shape index (κ3) is 13.3. The van der Waals surface area contributed by atoms with Gasteiger partial charge in [0.15, 0.2) is 0 Å². The van der Waals surface area contributed by atoms with E-state index in [9.17, 15) is 0 Å². The van der Waals surface area contributed by atoms with Gasteiger partial charge in [0.05, 0.1) is 0 Å². The van der Waals surface area contributed by atoms with Crippen LogP contribution >= 0.6 is 0 Å². The molecule has 0 aromatic carbocycles. The fourth-order valence-corrected chi connectivity index (χ4v) is 3.06. The van der Waals surface area contributed by atoms with Crippen molar-refractivity contribution >= 4 is 0 Å². The number of nitrogens with one attached hydrogen (secondary N) is 1. The van der Waals surface area contributed by atoms with Crippen molar-refractivity contribution in [3.8, 4) is 0 Å². The topological polar surface area (TPSA) is 15.3 Å². The van der Waals surface area contributed by atoms with E-state index < -0.39 is 0 Å². The lowest BCUT2D eigenvalue weighted by atomic mass is 10.1. The molecule has 0 atom stereocenters. The Morgan fingerprint density at radius 1 is 0.708 bits per heavy atom. The summed E-state index contributed by atoms with van der Waals surface area (Å²) in [6.45, 7) is 3.40. The number of rotatable bonds is 16. The van der Waals surface area contributed by atoms with E-state index in [0.717, 1.165) is 6.54 Å². The minimum absolute atomic E-state index is 1.11. The second kappa shape index (κ2) is 16.7.